The molecule has 0 spiro atoms. The maximum atomic E-state index is 12.2. The number of carbonyl (C=O) groups is 2. The molecule has 1 N–H and O–H groups in total. The van der Waals surface area contributed by atoms with Crippen molar-refractivity contribution in [1.29, 1.82) is 0 Å². The lowest BCUT2D eigenvalue weighted by Crippen LogP contribution is -2.44. The van der Waals surface area contributed by atoms with E-state index in [1.807, 2.05) is 6.92 Å². The summed E-state index contributed by atoms with van der Waals surface area (Å²) in [6.45, 7) is 6.72. The molecule has 0 aliphatic heterocycles. The van der Waals surface area contributed by atoms with Crippen molar-refractivity contribution in [3.63, 3.8) is 0 Å². The minimum absolute atomic E-state index is 0.101. The van der Waals surface area contributed by atoms with E-state index >= 15 is 0 Å². The SMILES string of the molecule is CCC(CN(CC(=O)O)C(=O)OC(C)(C)C)Oc1cccc(Cl)c1. The van der Waals surface area contributed by atoms with Crippen molar-refractivity contribution in [2.45, 2.75) is 45.8 Å². The van der Waals surface area contributed by atoms with E-state index in [9.17, 15) is 9.59 Å². The van der Waals surface area contributed by atoms with Crippen LogP contribution in [0.15, 0.2) is 24.3 Å². The lowest BCUT2D eigenvalue weighted by Gasteiger charge is -2.29. The number of carboxylic acid groups (broad SMARTS) is 1. The molecule has 1 aromatic rings. The number of benzene rings is 1. The van der Waals surface area contributed by atoms with Gasteiger partial charge in [0, 0.05) is 5.02 Å². The molecule has 0 fully saturated rings. The molecule has 1 rings (SSSR count). The van der Waals surface area contributed by atoms with Crippen molar-refractivity contribution in [1.82, 2.24) is 4.90 Å². The van der Waals surface area contributed by atoms with Gasteiger partial charge >= 0.3 is 12.1 Å². The number of hydrogen-bond acceptors (Lipinski definition) is 4. The van der Waals surface area contributed by atoms with Gasteiger partial charge in [-0.3, -0.25) is 9.69 Å². The quantitative estimate of drug-likeness (QED) is 0.802. The van der Waals surface area contributed by atoms with Gasteiger partial charge in [0.2, 0.25) is 0 Å². The first-order chi connectivity index (χ1) is 11.1. The Morgan fingerprint density at radius 1 is 1.33 bits per heavy atom. The van der Waals surface area contributed by atoms with E-state index in [-0.39, 0.29) is 12.6 Å². The molecule has 7 heteroatoms. The molecule has 1 aromatic carbocycles. The number of carbonyl (C=O) groups excluding carboxylic acids is 1. The molecule has 1 amide bonds. The van der Waals surface area contributed by atoms with Gasteiger partial charge in [-0.2, -0.15) is 0 Å². The van der Waals surface area contributed by atoms with Gasteiger partial charge in [0.25, 0.3) is 0 Å². The van der Waals surface area contributed by atoms with E-state index in [1.54, 1.807) is 45.0 Å². The second kappa shape index (κ2) is 8.78. The van der Waals surface area contributed by atoms with Crippen LogP contribution in [0, 0.1) is 0 Å². The molecule has 0 saturated heterocycles. The van der Waals surface area contributed by atoms with Crippen LogP contribution in [-0.2, 0) is 9.53 Å². The molecule has 0 aliphatic carbocycles. The predicted octanol–water partition coefficient (Wildman–Crippen LogP) is 3.82. The fraction of sp³-hybridized carbons (Fsp3) is 0.529. The molecule has 1 atom stereocenters. The van der Waals surface area contributed by atoms with Crippen LogP contribution in [0.5, 0.6) is 5.75 Å². The Bertz CT molecular complexity index is 570. The van der Waals surface area contributed by atoms with E-state index in [4.69, 9.17) is 26.2 Å². The Labute approximate surface area is 147 Å². The monoisotopic (exact) mass is 357 g/mol. The van der Waals surface area contributed by atoms with E-state index in [2.05, 4.69) is 0 Å². The Morgan fingerprint density at radius 2 is 2.00 bits per heavy atom. The number of hydrogen-bond donors (Lipinski definition) is 1. The topological polar surface area (TPSA) is 76.1 Å². The number of halogens is 1. The maximum absolute atomic E-state index is 12.2. The van der Waals surface area contributed by atoms with Gasteiger partial charge in [-0.1, -0.05) is 24.6 Å². The molecule has 0 heterocycles. The van der Waals surface area contributed by atoms with Crippen LogP contribution in [0.2, 0.25) is 5.02 Å². The van der Waals surface area contributed by atoms with Gasteiger partial charge in [0.15, 0.2) is 0 Å². The first-order valence-electron chi connectivity index (χ1n) is 7.72. The normalized spacial score (nSPS) is 12.4. The zero-order valence-electron chi connectivity index (χ0n) is 14.4. The second-order valence-electron chi connectivity index (χ2n) is 6.36. The summed E-state index contributed by atoms with van der Waals surface area (Å²) >= 11 is 5.93. The van der Waals surface area contributed by atoms with Crippen molar-refractivity contribution in [2.24, 2.45) is 0 Å². The highest BCUT2D eigenvalue weighted by Gasteiger charge is 2.26. The van der Waals surface area contributed by atoms with Crippen LogP contribution in [0.4, 0.5) is 4.79 Å². The number of nitrogens with zero attached hydrogens (tertiary/aromatic N) is 1. The highest BCUT2D eigenvalue weighted by Crippen LogP contribution is 2.20. The highest BCUT2D eigenvalue weighted by molar-refractivity contribution is 6.30. The Balaban J connectivity index is 2.81. The summed E-state index contributed by atoms with van der Waals surface area (Å²) in [4.78, 5) is 24.4. The summed E-state index contributed by atoms with van der Waals surface area (Å²) in [7, 11) is 0. The van der Waals surface area contributed by atoms with Crippen molar-refractivity contribution in [2.75, 3.05) is 13.1 Å². The first-order valence-corrected chi connectivity index (χ1v) is 8.10. The van der Waals surface area contributed by atoms with Gasteiger partial charge in [0.1, 0.15) is 24.0 Å². The summed E-state index contributed by atoms with van der Waals surface area (Å²) in [5, 5.41) is 9.57. The number of carboxylic acids is 1. The van der Waals surface area contributed by atoms with Crippen molar-refractivity contribution >= 4 is 23.7 Å². The average molecular weight is 358 g/mol. The molecule has 6 nitrogen and oxygen atoms in total. The number of amides is 1. The lowest BCUT2D eigenvalue weighted by atomic mass is 10.2. The third-order valence-corrected chi connectivity index (χ3v) is 3.19. The first kappa shape index (κ1) is 20.1. The fourth-order valence-corrected chi connectivity index (χ4v) is 2.10. The molecule has 0 bridgehead atoms. The molecule has 0 saturated carbocycles. The van der Waals surface area contributed by atoms with E-state index in [1.165, 1.54) is 0 Å². The Hall–Kier alpha value is -1.95. The number of rotatable bonds is 7. The van der Waals surface area contributed by atoms with Crippen LogP contribution in [0.1, 0.15) is 34.1 Å². The van der Waals surface area contributed by atoms with Gasteiger partial charge in [-0.05, 0) is 45.4 Å². The van der Waals surface area contributed by atoms with Crippen LogP contribution in [0.3, 0.4) is 0 Å². The molecule has 0 radical (unpaired) electrons. The van der Waals surface area contributed by atoms with E-state index < -0.39 is 24.2 Å². The zero-order valence-corrected chi connectivity index (χ0v) is 15.2. The van der Waals surface area contributed by atoms with Gasteiger partial charge < -0.3 is 14.6 Å². The van der Waals surface area contributed by atoms with E-state index in [0.717, 1.165) is 4.90 Å². The van der Waals surface area contributed by atoms with Crippen molar-refractivity contribution in [3.8, 4) is 5.75 Å². The standard InChI is InChI=1S/C17H24ClNO5/c1-5-13(23-14-8-6-7-12(18)9-14)10-19(11-15(20)21)16(22)24-17(2,3)4/h6-9,13H,5,10-11H2,1-4H3,(H,20,21). The van der Waals surface area contributed by atoms with Crippen LogP contribution < -0.4 is 4.74 Å². The lowest BCUT2D eigenvalue weighted by molar-refractivity contribution is -0.138. The van der Waals surface area contributed by atoms with Crippen LogP contribution >= 0.6 is 11.6 Å². The average Bonchev–Trinajstić information content (AvgIpc) is 2.43. The molecule has 134 valence electrons. The van der Waals surface area contributed by atoms with Gasteiger partial charge in [-0.15, -0.1) is 0 Å². The van der Waals surface area contributed by atoms with Crippen LogP contribution in [0.25, 0.3) is 0 Å². The van der Waals surface area contributed by atoms with Crippen LogP contribution in [-0.4, -0.2) is 46.9 Å². The minimum Gasteiger partial charge on any atom is -0.489 e. The molecular formula is C17H24ClNO5. The predicted molar refractivity (Wildman–Crippen MR) is 91.6 cm³/mol. The smallest absolute Gasteiger partial charge is 0.410 e. The largest absolute Gasteiger partial charge is 0.489 e. The fourth-order valence-electron chi connectivity index (χ4n) is 1.92. The molecule has 24 heavy (non-hydrogen) atoms. The maximum Gasteiger partial charge on any atom is 0.410 e. The zero-order chi connectivity index (χ0) is 18.3. The Morgan fingerprint density at radius 3 is 2.50 bits per heavy atom. The third-order valence-electron chi connectivity index (χ3n) is 2.96. The number of aliphatic carboxylic acids is 1. The summed E-state index contributed by atoms with van der Waals surface area (Å²) < 4.78 is 11.1. The minimum atomic E-state index is -1.11. The van der Waals surface area contributed by atoms with Crippen molar-refractivity contribution < 1.29 is 24.2 Å². The molecule has 1 unspecified atom stereocenters. The number of ether oxygens (including phenoxy) is 2. The second-order valence-corrected chi connectivity index (χ2v) is 6.80. The summed E-state index contributed by atoms with van der Waals surface area (Å²) in [6, 6.07) is 6.91. The summed E-state index contributed by atoms with van der Waals surface area (Å²) in [5.74, 6) is -0.549. The molecule has 0 aliphatic rings. The van der Waals surface area contributed by atoms with E-state index in [0.29, 0.717) is 17.2 Å². The Kier molecular flexibility index (Phi) is 7.35. The van der Waals surface area contributed by atoms with Gasteiger partial charge in [-0.25, -0.2) is 4.79 Å². The van der Waals surface area contributed by atoms with Gasteiger partial charge in [0.05, 0.1) is 6.54 Å². The third kappa shape index (κ3) is 7.55. The summed E-state index contributed by atoms with van der Waals surface area (Å²) in [5.41, 5.74) is -0.705. The molecular weight excluding hydrogens is 334 g/mol. The molecule has 0 aromatic heterocycles. The summed E-state index contributed by atoms with van der Waals surface area (Å²) in [6.07, 6.45) is -0.473. The highest BCUT2D eigenvalue weighted by atomic mass is 35.5. The van der Waals surface area contributed by atoms with Crippen molar-refractivity contribution in [3.05, 3.63) is 29.3 Å².